The lowest BCUT2D eigenvalue weighted by Gasteiger charge is -2.26. The quantitative estimate of drug-likeness (QED) is 0.784. The number of methoxy groups -OCH3 is 1. The lowest BCUT2D eigenvalue weighted by molar-refractivity contribution is 0.0381. The van der Waals surface area contributed by atoms with Crippen molar-refractivity contribution in [1.29, 1.82) is 0 Å². The SMILES string of the molecule is CO[C@H]1C(=O)c2cc(Br)cnc2N1C(=O)OC(C)(C)C. The van der Waals surface area contributed by atoms with Gasteiger partial charge in [0.15, 0.2) is 5.82 Å². The smallest absolute Gasteiger partial charge is 0.418 e. The molecule has 1 aromatic heterocycles. The van der Waals surface area contributed by atoms with E-state index in [0.717, 1.165) is 4.90 Å². The molecule has 0 N–H and O–H groups in total. The van der Waals surface area contributed by atoms with Crippen LogP contribution in [0.4, 0.5) is 10.6 Å². The number of ketones is 1. The lowest BCUT2D eigenvalue weighted by atomic mass is 10.2. The Morgan fingerprint density at radius 1 is 1.45 bits per heavy atom. The number of amides is 1. The molecule has 0 fully saturated rings. The highest BCUT2D eigenvalue weighted by molar-refractivity contribution is 9.10. The number of Topliss-reactive ketones (excluding diaryl/α,β-unsaturated/α-hetero) is 1. The molecule has 7 heteroatoms. The first-order chi connectivity index (χ1) is 9.24. The van der Waals surface area contributed by atoms with E-state index in [0.29, 0.717) is 10.0 Å². The molecule has 1 aliphatic heterocycles. The molecule has 0 radical (unpaired) electrons. The number of rotatable bonds is 1. The van der Waals surface area contributed by atoms with Crippen LogP contribution in [0, 0.1) is 0 Å². The van der Waals surface area contributed by atoms with Crippen molar-refractivity contribution < 1.29 is 19.1 Å². The molecule has 6 nitrogen and oxygen atoms in total. The fourth-order valence-corrected chi connectivity index (χ4v) is 2.20. The van der Waals surface area contributed by atoms with Gasteiger partial charge in [-0.3, -0.25) is 4.79 Å². The van der Waals surface area contributed by atoms with Crippen LogP contribution in [0.5, 0.6) is 0 Å². The molecule has 0 saturated heterocycles. The lowest BCUT2D eigenvalue weighted by Crippen LogP contribution is -2.44. The van der Waals surface area contributed by atoms with Crippen LogP contribution in [0.15, 0.2) is 16.7 Å². The number of fused-ring (bicyclic) bond motifs is 1. The number of anilines is 1. The summed E-state index contributed by atoms with van der Waals surface area (Å²) in [5, 5.41) is 0. The van der Waals surface area contributed by atoms with E-state index < -0.39 is 17.9 Å². The minimum Gasteiger partial charge on any atom is -0.443 e. The van der Waals surface area contributed by atoms with Gasteiger partial charge >= 0.3 is 6.09 Å². The zero-order valence-corrected chi connectivity index (χ0v) is 13.2. The van der Waals surface area contributed by atoms with E-state index in [1.807, 2.05) is 0 Å². The van der Waals surface area contributed by atoms with Crippen LogP contribution in [0.3, 0.4) is 0 Å². The molecule has 1 amide bonds. The minimum absolute atomic E-state index is 0.249. The number of carbonyl (C=O) groups excluding carboxylic acids is 2. The molecule has 1 aromatic rings. The van der Waals surface area contributed by atoms with Gasteiger partial charge in [0.2, 0.25) is 12.0 Å². The molecule has 1 aliphatic rings. The van der Waals surface area contributed by atoms with E-state index in [9.17, 15) is 9.59 Å². The summed E-state index contributed by atoms with van der Waals surface area (Å²) in [4.78, 5) is 29.7. The van der Waals surface area contributed by atoms with Crippen molar-refractivity contribution in [3.63, 3.8) is 0 Å². The van der Waals surface area contributed by atoms with Crippen molar-refractivity contribution in [2.24, 2.45) is 0 Å². The van der Waals surface area contributed by atoms with Crippen molar-refractivity contribution >= 4 is 33.6 Å². The molecule has 0 aromatic carbocycles. The molecular formula is C13H15BrN2O4. The molecule has 0 saturated carbocycles. The first-order valence-electron chi connectivity index (χ1n) is 5.99. The third-order valence-electron chi connectivity index (χ3n) is 2.60. The Bertz CT molecular complexity index is 568. The van der Waals surface area contributed by atoms with E-state index in [1.165, 1.54) is 13.3 Å². The Kier molecular flexibility index (Phi) is 3.84. The van der Waals surface area contributed by atoms with Gasteiger partial charge in [-0.05, 0) is 42.8 Å². The maximum Gasteiger partial charge on any atom is 0.418 e. The molecular weight excluding hydrogens is 328 g/mol. The fraction of sp³-hybridized carbons (Fsp3) is 0.462. The van der Waals surface area contributed by atoms with Gasteiger partial charge < -0.3 is 9.47 Å². The number of ether oxygens (including phenoxy) is 2. The molecule has 0 spiro atoms. The monoisotopic (exact) mass is 342 g/mol. The predicted octanol–water partition coefficient (Wildman–Crippen LogP) is 2.75. The number of hydrogen-bond donors (Lipinski definition) is 0. The molecule has 20 heavy (non-hydrogen) atoms. The fourth-order valence-electron chi connectivity index (χ4n) is 1.87. The molecule has 2 heterocycles. The van der Waals surface area contributed by atoms with Gasteiger partial charge in [-0.15, -0.1) is 0 Å². The number of aromatic nitrogens is 1. The highest BCUT2D eigenvalue weighted by Gasteiger charge is 2.44. The van der Waals surface area contributed by atoms with E-state index in [2.05, 4.69) is 20.9 Å². The molecule has 0 unspecified atom stereocenters. The Hall–Kier alpha value is -1.47. The maximum absolute atomic E-state index is 12.2. The number of hydrogen-bond acceptors (Lipinski definition) is 5. The summed E-state index contributed by atoms with van der Waals surface area (Å²) in [5.41, 5.74) is -0.339. The van der Waals surface area contributed by atoms with Gasteiger partial charge in [-0.1, -0.05) is 0 Å². The first kappa shape index (κ1) is 14.9. The van der Waals surface area contributed by atoms with Gasteiger partial charge in [-0.2, -0.15) is 0 Å². The van der Waals surface area contributed by atoms with Gasteiger partial charge in [-0.25, -0.2) is 14.7 Å². The Balaban J connectivity index is 2.42. The standard InChI is InChI=1S/C13H15BrN2O4/c1-13(2,3)20-12(18)16-10-8(5-7(14)6-15-10)9(17)11(16)19-4/h5-6,11H,1-4H3/t11-/m0/s1. The van der Waals surface area contributed by atoms with Gasteiger partial charge in [0, 0.05) is 17.8 Å². The largest absolute Gasteiger partial charge is 0.443 e. The molecule has 1 atom stereocenters. The van der Waals surface area contributed by atoms with Gasteiger partial charge in [0.05, 0.1) is 5.56 Å². The molecule has 0 bridgehead atoms. The average Bonchev–Trinajstić information content (AvgIpc) is 2.60. The molecule has 0 aliphatic carbocycles. The van der Waals surface area contributed by atoms with Crippen LogP contribution in [0.2, 0.25) is 0 Å². The summed E-state index contributed by atoms with van der Waals surface area (Å²) < 4.78 is 11.1. The topological polar surface area (TPSA) is 68.7 Å². The normalized spacial score (nSPS) is 18.1. The number of carbonyl (C=O) groups is 2. The predicted molar refractivity (Wildman–Crippen MR) is 75.8 cm³/mol. The average molecular weight is 343 g/mol. The Morgan fingerprint density at radius 3 is 2.65 bits per heavy atom. The first-order valence-corrected chi connectivity index (χ1v) is 6.78. The van der Waals surface area contributed by atoms with Crippen LogP contribution in [-0.4, -0.2) is 35.8 Å². The summed E-state index contributed by atoms with van der Waals surface area (Å²) in [7, 11) is 1.36. The second-order valence-corrected chi connectivity index (χ2v) is 6.24. The van der Waals surface area contributed by atoms with E-state index in [1.54, 1.807) is 26.8 Å². The summed E-state index contributed by atoms with van der Waals surface area (Å²) >= 11 is 3.25. The highest BCUT2D eigenvalue weighted by Crippen LogP contribution is 2.33. The summed E-state index contributed by atoms with van der Waals surface area (Å²) in [6, 6.07) is 1.61. The van der Waals surface area contributed by atoms with E-state index in [4.69, 9.17) is 9.47 Å². The Labute approximate surface area is 125 Å². The second-order valence-electron chi connectivity index (χ2n) is 5.33. The van der Waals surface area contributed by atoms with Crippen molar-refractivity contribution in [1.82, 2.24) is 4.98 Å². The number of pyridine rings is 1. The van der Waals surface area contributed by atoms with Crippen molar-refractivity contribution in [3.8, 4) is 0 Å². The van der Waals surface area contributed by atoms with Crippen LogP contribution in [0.1, 0.15) is 31.1 Å². The van der Waals surface area contributed by atoms with Crippen molar-refractivity contribution in [3.05, 3.63) is 22.3 Å². The van der Waals surface area contributed by atoms with Crippen molar-refractivity contribution in [2.75, 3.05) is 12.0 Å². The van der Waals surface area contributed by atoms with Crippen LogP contribution in [0.25, 0.3) is 0 Å². The maximum atomic E-state index is 12.2. The zero-order valence-electron chi connectivity index (χ0n) is 11.6. The van der Waals surface area contributed by atoms with Gasteiger partial charge in [0.1, 0.15) is 5.60 Å². The van der Waals surface area contributed by atoms with Crippen LogP contribution < -0.4 is 4.90 Å². The third kappa shape index (κ3) is 2.69. The van der Waals surface area contributed by atoms with Crippen LogP contribution in [-0.2, 0) is 9.47 Å². The number of nitrogens with zero attached hydrogens (tertiary/aromatic N) is 2. The Morgan fingerprint density at radius 2 is 2.10 bits per heavy atom. The highest BCUT2D eigenvalue weighted by atomic mass is 79.9. The molecule has 108 valence electrons. The van der Waals surface area contributed by atoms with E-state index in [-0.39, 0.29) is 11.6 Å². The summed E-state index contributed by atoms with van der Waals surface area (Å²) in [6.07, 6.45) is -0.186. The van der Waals surface area contributed by atoms with Gasteiger partial charge in [0.25, 0.3) is 0 Å². The van der Waals surface area contributed by atoms with Crippen molar-refractivity contribution in [2.45, 2.75) is 32.6 Å². The van der Waals surface area contributed by atoms with Crippen LogP contribution >= 0.6 is 15.9 Å². The minimum atomic E-state index is -1.04. The zero-order chi connectivity index (χ0) is 15.1. The third-order valence-corrected chi connectivity index (χ3v) is 3.03. The molecule has 2 rings (SSSR count). The summed E-state index contributed by atoms with van der Waals surface area (Å²) in [6.45, 7) is 5.25. The number of halogens is 1. The van der Waals surface area contributed by atoms with E-state index >= 15 is 0 Å². The second kappa shape index (κ2) is 5.14. The summed E-state index contributed by atoms with van der Waals surface area (Å²) in [5.74, 6) is -0.0681.